The summed E-state index contributed by atoms with van der Waals surface area (Å²) in [4.78, 5) is 2.14. The summed E-state index contributed by atoms with van der Waals surface area (Å²) in [7, 11) is 5.35. The summed E-state index contributed by atoms with van der Waals surface area (Å²) in [5.74, 6) is 0. The average molecular weight is 220 g/mol. The van der Waals surface area contributed by atoms with Crippen molar-refractivity contribution in [2.75, 3.05) is 60.8 Å². The Bertz CT molecular complexity index is 136. The molecule has 15 heavy (non-hydrogen) atoms. The van der Waals surface area contributed by atoms with Gasteiger partial charge in [-0.05, 0) is 7.05 Å². The van der Waals surface area contributed by atoms with Crippen LogP contribution in [0.1, 0.15) is 0 Å². The summed E-state index contributed by atoms with van der Waals surface area (Å²) >= 11 is 0. The summed E-state index contributed by atoms with van der Waals surface area (Å²) in [6, 6.07) is 0.0685. The molecule has 0 aliphatic carbocycles. The van der Waals surface area contributed by atoms with Crippen molar-refractivity contribution in [3.63, 3.8) is 0 Å². The van der Waals surface area contributed by atoms with Crippen LogP contribution in [0.3, 0.4) is 0 Å². The molecule has 0 spiro atoms. The normalized spacial score (nSPS) is 13.4. The fourth-order valence-corrected chi connectivity index (χ4v) is 1.22. The van der Waals surface area contributed by atoms with Gasteiger partial charge < -0.3 is 24.8 Å². The number of hydrogen-bond donors (Lipinski definition) is 1. The van der Waals surface area contributed by atoms with E-state index in [4.69, 9.17) is 19.9 Å². The summed E-state index contributed by atoms with van der Waals surface area (Å²) in [6.45, 7) is 4.29. The predicted molar refractivity (Wildman–Crippen MR) is 60.0 cm³/mol. The quantitative estimate of drug-likeness (QED) is 0.506. The molecule has 5 nitrogen and oxygen atoms in total. The number of rotatable bonds is 10. The van der Waals surface area contributed by atoms with Gasteiger partial charge in [0.25, 0.3) is 0 Å². The van der Waals surface area contributed by atoms with Crippen LogP contribution in [0.15, 0.2) is 0 Å². The molecule has 0 heterocycles. The van der Waals surface area contributed by atoms with Gasteiger partial charge in [0.15, 0.2) is 0 Å². The van der Waals surface area contributed by atoms with Gasteiger partial charge in [-0.2, -0.15) is 0 Å². The minimum atomic E-state index is 0.0685. The van der Waals surface area contributed by atoms with Crippen molar-refractivity contribution in [3.8, 4) is 0 Å². The lowest BCUT2D eigenvalue weighted by atomic mass is 10.3. The van der Waals surface area contributed by atoms with E-state index in [1.54, 1.807) is 14.2 Å². The van der Waals surface area contributed by atoms with Gasteiger partial charge in [-0.25, -0.2) is 0 Å². The first kappa shape index (κ1) is 14.8. The average Bonchev–Trinajstić information content (AvgIpc) is 2.17. The maximum Gasteiger partial charge on any atom is 0.0700 e. The van der Waals surface area contributed by atoms with Crippen molar-refractivity contribution in [2.45, 2.75) is 6.04 Å². The largest absolute Gasteiger partial charge is 0.383 e. The van der Waals surface area contributed by atoms with E-state index in [1.165, 1.54) is 0 Å². The second kappa shape index (κ2) is 10.3. The zero-order valence-corrected chi connectivity index (χ0v) is 10.1. The molecule has 0 aromatic carbocycles. The fraction of sp³-hybridized carbons (Fsp3) is 1.00. The monoisotopic (exact) mass is 220 g/mol. The molecule has 0 radical (unpaired) electrons. The van der Waals surface area contributed by atoms with E-state index in [2.05, 4.69) is 4.90 Å². The van der Waals surface area contributed by atoms with E-state index in [0.717, 1.165) is 13.1 Å². The molecule has 0 saturated heterocycles. The smallest absolute Gasteiger partial charge is 0.0700 e. The molecular weight excluding hydrogens is 196 g/mol. The number of likely N-dealkylation sites (N-methyl/N-ethyl adjacent to an activating group) is 1. The Morgan fingerprint density at radius 1 is 1.13 bits per heavy atom. The molecule has 1 atom stereocenters. The predicted octanol–water partition coefficient (Wildman–Crippen LogP) is -0.445. The topological polar surface area (TPSA) is 57.0 Å². The highest BCUT2D eigenvalue weighted by Crippen LogP contribution is 1.88. The van der Waals surface area contributed by atoms with Crippen LogP contribution >= 0.6 is 0 Å². The zero-order valence-electron chi connectivity index (χ0n) is 10.1. The fourth-order valence-electron chi connectivity index (χ4n) is 1.22. The molecule has 0 saturated carbocycles. The molecule has 0 aliphatic heterocycles. The van der Waals surface area contributed by atoms with Gasteiger partial charge in [0.1, 0.15) is 0 Å². The third-order valence-electron chi connectivity index (χ3n) is 1.98. The molecule has 0 aromatic rings. The third-order valence-corrected chi connectivity index (χ3v) is 1.98. The molecule has 92 valence electrons. The summed E-state index contributed by atoms with van der Waals surface area (Å²) in [5.41, 5.74) is 5.81. The first-order valence-corrected chi connectivity index (χ1v) is 5.20. The zero-order chi connectivity index (χ0) is 11.5. The van der Waals surface area contributed by atoms with Gasteiger partial charge in [0.05, 0.1) is 26.4 Å². The molecule has 0 rings (SSSR count). The lowest BCUT2D eigenvalue weighted by Crippen LogP contribution is -2.39. The van der Waals surface area contributed by atoms with Crippen molar-refractivity contribution in [2.24, 2.45) is 5.73 Å². The number of methoxy groups -OCH3 is 2. The van der Waals surface area contributed by atoms with E-state index in [9.17, 15) is 0 Å². The van der Waals surface area contributed by atoms with Gasteiger partial charge >= 0.3 is 0 Å². The van der Waals surface area contributed by atoms with Crippen LogP contribution in [-0.4, -0.2) is 71.7 Å². The van der Waals surface area contributed by atoms with Gasteiger partial charge in [-0.3, -0.25) is 0 Å². The van der Waals surface area contributed by atoms with Crippen LogP contribution in [0.5, 0.6) is 0 Å². The maximum absolute atomic E-state index is 5.81. The van der Waals surface area contributed by atoms with E-state index in [1.807, 2.05) is 7.05 Å². The molecule has 0 bridgehead atoms. The van der Waals surface area contributed by atoms with E-state index in [-0.39, 0.29) is 6.04 Å². The maximum atomic E-state index is 5.81. The van der Waals surface area contributed by atoms with Crippen LogP contribution in [0.25, 0.3) is 0 Å². The standard InChI is InChI=1S/C10H24N2O3/c1-12(8-10(11)9-14-3)4-5-15-7-6-13-2/h10H,4-9,11H2,1-3H3. The number of nitrogens with two attached hydrogens (primary N) is 1. The van der Waals surface area contributed by atoms with Crippen LogP contribution in [0.4, 0.5) is 0 Å². The molecule has 0 aromatic heterocycles. The first-order chi connectivity index (χ1) is 7.20. The van der Waals surface area contributed by atoms with Crippen molar-refractivity contribution in [1.29, 1.82) is 0 Å². The highest BCUT2D eigenvalue weighted by molar-refractivity contribution is 4.64. The van der Waals surface area contributed by atoms with E-state index in [0.29, 0.717) is 26.4 Å². The van der Waals surface area contributed by atoms with Crippen molar-refractivity contribution < 1.29 is 14.2 Å². The van der Waals surface area contributed by atoms with Gasteiger partial charge in [-0.15, -0.1) is 0 Å². The van der Waals surface area contributed by atoms with Crippen LogP contribution in [0, 0.1) is 0 Å². The van der Waals surface area contributed by atoms with E-state index >= 15 is 0 Å². The van der Waals surface area contributed by atoms with Gasteiger partial charge in [0, 0.05) is 33.4 Å². The Morgan fingerprint density at radius 3 is 2.47 bits per heavy atom. The molecule has 5 heteroatoms. The van der Waals surface area contributed by atoms with Crippen molar-refractivity contribution in [3.05, 3.63) is 0 Å². The highest BCUT2D eigenvalue weighted by Gasteiger charge is 2.05. The minimum Gasteiger partial charge on any atom is -0.383 e. The molecule has 0 amide bonds. The highest BCUT2D eigenvalue weighted by atomic mass is 16.5. The lowest BCUT2D eigenvalue weighted by Gasteiger charge is -2.20. The number of ether oxygens (including phenoxy) is 3. The Hall–Kier alpha value is -0.200. The first-order valence-electron chi connectivity index (χ1n) is 5.20. The Balaban J connectivity index is 3.28. The molecule has 2 N–H and O–H groups in total. The third kappa shape index (κ3) is 10.1. The molecule has 1 unspecified atom stereocenters. The summed E-state index contributed by atoms with van der Waals surface area (Å²) in [6.07, 6.45) is 0. The van der Waals surface area contributed by atoms with E-state index < -0.39 is 0 Å². The Labute approximate surface area is 92.5 Å². The second-order valence-electron chi connectivity index (χ2n) is 3.58. The molecule has 0 aliphatic rings. The SMILES string of the molecule is COCCOCCN(C)CC(N)COC. The molecule has 0 fully saturated rings. The second-order valence-corrected chi connectivity index (χ2v) is 3.58. The summed E-state index contributed by atoms with van der Waals surface area (Å²) < 4.78 is 15.2. The Morgan fingerprint density at radius 2 is 1.87 bits per heavy atom. The Kier molecular flexibility index (Phi) is 10.2. The number of nitrogens with zero attached hydrogens (tertiary/aromatic N) is 1. The van der Waals surface area contributed by atoms with Crippen LogP contribution in [0.2, 0.25) is 0 Å². The molecular formula is C10H24N2O3. The van der Waals surface area contributed by atoms with Gasteiger partial charge in [0.2, 0.25) is 0 Å². The minimum absolute atomic E-state index is 0.0685. The number of hydrogen-bond acceptors (Lipinski definition) is 5. The van der Waals surface area contributed by atoms with Crippen molar-refractivity contribution >= 4 is 0 Å². The van der Waals surface area contributed by atoms with Gasteiger partial charge in [-0.1, -0.05) is 0 Å². The van der Waals surface area contributed by atoms with Crippen LogP contribution < -0.4 is 5.73 Å². The van der Waals surface area contributed by atoms with Crippen LogP contribution in [-0.2, 0) is 14.2 Å². The summed E-state index contributed by atoms with van der Waals surface area (Å²) in [5, 5.41) is 0. The van der Waals surface area contributed by atoms with Crippen molar-refractivity contribution in [1.82, 2.24) is 4.90 Å². The lowest BCUT2D eigenvalue weighted by molar-refractivity contribution is 0.0584.